The van der Waals surface area contributed by atoms with E-state index in [1.807, 2.05) is 26.0 Å². The van der Waals surface area contributed by atoms with Crippen molar-refractivity contribution >= 4 is 45.9 Å². The van der Waals surface area contributed by atoms with Crippen LogP contribution in [0.2, 0.25) is 5.02 Å². The molecule has 2 heterocycles. The fourth-order valence-electron chi connectivity index (χ4n) is 4.69. The molecule has 9 heteroatoms. The Bertz CT molecular complexity index is 1700. The monoisotopic (exact) mass is 545 g/mol. The number of fused-ring (bicyclic) bond motifs is 1. The van der Waals surface area contributed by atoms with E-state index in [4.69, 9.17) is 25.5 Å². The standard InChI is InChI=1S/C30H24ClNO7/c1-15-8-9-21(10-16(15)2)32-26(18-6-5-7-22(12-18)38-17(3)33)25(28(35)30(32)36)27(34)23-13-19-11-20(31)14-24(37-4)29(19)39-23/h5-14,26,35H,1-4H3. The van der Waals surface area contributed by atoms with Crippen LogP contribution >= 0.6 is 11.6 Å². The van der Waals surface area contributed by atoms with Gasteiger partial charge in [-0.3, -0.25) is 19.3 Å². The van der Waals surface area contributed by atoms with Gasteiger partial charge in [-0.25, -0.2) is 0 Å². The maximum absolute atomic E-state index is 14.0. The molecule has 5 rings (SSSR count). The zero-order valence-corrected chi connectivity index (χ0v) is 22.3. The van der Waals surface area contributed by atoms with Crippen molar-refractivity contribution in [1.29, 1.82) is 0 Å². The van der Waals surface area contributed by atoms with Gasteiger partial charge in [0.25, 0.3) is 5.91 Å². The van der Waals surface area contributed by atoms with Gasteiger partial charge in [-0.2, -0.15) is 0 Å². The number of benzene rings is 3. The molecule has 1 atom stereocenters. The Balaban J connectivity index is 1.68. The Morgan fingerprint density at radius 2 is 1.79 bits per heavy atom. The maximum atomic E-state index is 14.0. The molecule has 8 nitrogen and oxygen atoms in total. The second kappa shape index (κ2) is 9.96. The summed E-state index contributed by atoms with van der Waals surface area (Å²) in [5.41, 5.74) is 3.00. The van der Waals surface area contributed by atoms with Gasteiger partial charge in [-0.15, -0.1) is 0 Å². The highest BCUT2D eigenvalue weighted by Gasteiger charge is 2.45. The van der Waals surface area contributed by atoms with Gasteiger partial charge in [0.2, 0.25) is 5.78 Å². The number of anilines is 1. The summed E-state index contributed by atoms with van der Waals surface area (Å²) >= 11 is 6.18. The quantitative estimate of drug-likeness (QED) is 0.169. The van der Waals surface area contributed by atoms with Crippen LogP contribution < -0.4 is 14.4 Å². The first-order valence-electron chi connectivity index (χ1n) is 12.0. The summed E-state index contributed by atoms with van der Waals surface area (Å²) in [5, 5.41) is 12.0. The lowest BCUT2D eigenvalue weighted by atomic mass is 9.94. The molecule has 1 unspecified atom stereocenters. The molecule has 0 aliphatic carbocycles. The van der Waals surface area contributed by atoms with Gasteiger partial charge in [0.15, 0.2) is 22.9 Å². The highest BCUT2D eigenvalue weighted by Crippen LogP contribution is 2.44. The Hall–Kier alpha value is -4.56. The fourth-order valence-corrected chi connectivity index (χ4v) is 4.91. The topological polar surface area (TPSA) is 106 Å². The minimum atomic E-state index is -1.04. The number of esters is 1. The van der Waals surface area contributed by atoms with Gasteiger partial charge in [-0.1, -0.05) is 29.8 Å². The summed E-state index contributed by atoms with van der Waals surface area (Å²) in [6.07, 6.45) is 0. The first-order valence-corrected chi connectivity index (χ1v) is 12.4. The SMILES string of the molecule is COc1cc(Cl)cc2cc(C(=O)C3=C(O)C(=O)N(c4ccc(C)c(C)c4)C3c3cccc(OC(C)=O)c3)oc12. The number of aliphatic hydroxyl groups excluding tert-OH is 1. The number of methoxy groups -OCH3 is 1. The third kappa shape index (κ3) is 4.64. The molecule has 0 spiro atoms. The van der Waals surface area contributed by atoms with E-state index in [-0.39, 0.29) is 17.1 Å². The van der Waals surface area contributed by atoms with Gasteiger partial charge < -0.3 is 19.0 Å². The number of aryl methyl sites for hydroxylation is 2. The van der Waals surface area contributed by atoms with Crippen LogP contribution in [0.1, 0.15) is 40.2 Å². The number of furan rings is 1. The summed E-state index contributed by atoms with van der Waals surface area (Å²) in [6, 6.07) is 15.5. The molecule has 0 radical (unpaired) electrons. The lowest BCUT2D eigenvalue weighted by molar-refractivity contribution is -0.131. The van der Waals surface area contributed by atoms with Crippen molar-refractivity contribution in [1.82, 2.24) is 0 Å². The van der Waals surface area contributed by atoms with Gasteiger partial charge in [0, 0.05) is 29.1 Å². The summed E-state index contributed by atoms with van der Waals surface area (Å²) in [7, 11) is 1.45. The maximum Gasteiger partial charge on any atom is 0.308 e. The lowest BCUT2D eigenvalue weighted by Crippen LogP contribution is -2.31. The molecule has 198 valence electrons. The summed E-state index contributed by atoms with van der Waals surface area (Å²) in [4.78, 5) is 40.4. The predicted octanol–water partition coefficient (Wildman–Crippen LogP) is 6.42. The Labute approximate surface area is 229 Å². The number of rotatable bonds is 6. The second-order valence-corrected chi connectivity index (χ2v) is 9.68. The fraction of sp³-hybridized carbons (Fsp3) is 0.167. The predicted molar refractivity (Wildman–Crippen MR) is 146 cm³/mol. The van der Waals surface area contributed by atoms with Crippen molar-refractivity contribution < 1.29 is 33.4 Å². The molecule has 1 aliphatic rings. The van der Waals surface area contributed by atoms with Crippen molar-refractivity contribution in [3.05, 3.63) is 99.5 Å². The third-order valence-electron chi connectivity index (χ3n) is 6.65. The number of amides is 1. The Morgan fingerprint density at radius 1 is 1.03 bits per heavy atom. The van der Waals surface area contributed by atoms with E-state index < -0.39 is 29.5 Å². The molecular weight excluding hydrogens is 522 g/mol. The average molecular weight is 546 g/mol. The Kier molecular flexibility index (Phi) is 6.66. The number of halogens is 1. The third-order valence-corrected chi connectivity index (χ3v) is 6.87. The molecular formula is C30H24ClNO7. The molecule has 4 aromatic rings. The summed E-state index contributed by atoms with van der Waals surface area (Å²) in [6.45, 7) is 5.12. The zero-order valence-electron chi connectivity index (χ0n) is 21.6. The van der Waals surface area contributed by atoms with Crippen LogP contribution in [0.4, 0.5) is 5.69 Å². The van der Waals surface area contributed by atoms with E-state index in [0.717, 1.165) is 11.1 Å². The molecule has 39 heavy (non-hydrogen) atoms. The van der Waals surface area contributed by atoms with Crippen molar-refractivity contribution in [3.8, 4) is 11.5 Å². The van der Waals surface area contributed by atoms with Gasteiger partial charge in [0.05, 0.1) is 18.7 Å². The minimum Gasteiger partial charge on any atom is -0.503 e. The number of aliphatic hydroxyl groups is 1. The highest BCUT2D eigenvalue weighted by atomic mass is 35.5. The molecule has 0 saturated heterocycles. The van der Waals surface area contributed by atoms with Crippen LogP contribution in [0.25, 0.3) is 11.0 Å². The largest absolute Gasteiger partial charge is 0.503 e. The highest BCUT2D eigenvalue weighted by molar-refractivity contribution is 6.31. The normalized spacial score (nSPS) is 15.3. The number of nitrogens with zero attached hydrogens (tertiary/aromatic N) is 1. The summed E-state index contributed by atoms with van der Waals surface area (Å²) in [5.74, 6) is -2.21. The van der Waals surface area contributed by atoms with Crippen LogP contribution in [0, 0.1) is 13.8 Å². The Morgan fingerprint density at radius 3 is 2.49 bits per heavy atom. The number of hydrogen-bond acceptors (Lipinski definition) is 7. The van der Waals surface area contributed by atoms with Gasteiger partial charge >= 0.3 is 5.97 Å². The number of Topliss-reactive ketones (excluding diaryl/α,β-unsaturated/α-hetero) is 1. The smallest absolute Gasteiger partial charge is 0.308 e. The average Bonchev–Trinajstić information content (AvgIpc) is 3.43. The molecule has 1 aliphatic heterocycles. The van der Waals surface area contributed by atoms with Crippen molar-refractivity contribution in [2.24, 2.45) is 0 Å². The number of carbonyl (C=O) groups excluding carboxylic acids is 3. The van der Waals surface area contributed by atoms with Crippen LogP contribution in [-0.2, 0) is 9.59 Å². The van der Waals surface area contributed by atoms with Crippen molar-refractivity contribution in [3.63, 3.8) is 0 Å². The van der Waals surface area contributed by atoms with Crippen LogP contribution in [0.5, 0.6) is 11.5 Å². The first kappa shape index (κ1) is 26.1. The van der Waals surface area contributed by atoms with Crippen LogP contribution in [0.3, 0.4) is 0 Å². The second-order valence-electron chi connectivity index (χ2n) is 9.24. The van der Waals surface area contributed by atoms with Gasteiger partial charge in [-0.05, 0) is 66.9 Å². The van der Waals surface area contributed by atoms with E-state index in [2.05, 4.69) is 0 Å². The van der Waals surface area contributed by atoms with E-state index in [0.29, 0.717) is 33.0 Å². The first-order chi connectivity index (χ1) is 18.6. The van der Waals surface area contributed by atoms with Crippen molar-refractivity contribution in [2.45, 2.75) is 26.8 Å². The van der Waals surface area contributed by atoms with E-state index >= 15 is 0 Å². The van der Waals surface area contributed by atoms with Crippen LogP contribution in [0.15, 0.2) is 76.4 Å². The van der Waals surface area contributed by atoms with Gasteiger partial charge in [0.1, 0.15) is 5.75 Å². The van der Waals surface area contributed by atoms with E-state index in [1.165, 1.54) is 25.0 Å². The zero-order chi connectivity index (χ0) is 28.0. The number of ketones is 1. The molecule has 3 aromatic carbocycles. The molecule has 0 fully saturated rings. The lowest BCUT2D eigenvalue weighted by Gasteiger charge is -2.27. The molecule has 1 aromatic heterocycles. The molecule has 0 bridgehead atoms. The number of hydrogen-bond donors (Lipinski definition) is 1. The number of ether oxygens (including phenoxy) is 2. The number of carbonyl (C=O) groups is 3. The van der Waals surface area contributed by atoms with E-state index in [9.17, 15) is 19.5 Å². The molecule has 1 amide bonds. The van der Waals surface area contributed by atoms with Crippen molar-refractivity contribution in [2.75, 3.05) is 12.0 Å². The van der Waals surface area contributed by atoms with Crippen LogP contribution in [-0.4, -0.2) is 29.9 Å². The molecule has 1 N–H and O–H groups in total. The summed E-state index contributed by atoms with van der Waals surface area (Å²) < 4.78 is 16.5. The molecule has 0 saturated carbocycles. The van der Waals surface area contributed by atoms with E-state index in [1.54, 1.807) is 42.5 Å². The minimum absolute atomic E-state index is 0.108.